The zero-order valence-corrected chi connectivity index (χ0v) is 15.2. The van der Waals surface area contributed by atoms with E-state index in [-0.39, 0.29) is 5.75 Å². The van der Waals surface area contributed by atoms with E-state index in [1.807, 2.05) is 0 Å². The number of hydrogen-bond donors (Lipinski definition) is 3. The number of rotatable bonds is 4. The Morgan fingerprint density at radius 1 is 1.03 bits per heavy atom. The normalized spacial score (nSPS) is 11.6. The highest BCUT2D eigenvalue weighted by Gasteiger charge is 2.30. The van der Waals surface area contributed by atoms with Crippen LogP contribution in [0.25, 0.3) is 16.7 Å². The quantitative estimate of drug-likeness (QED) is 0.454. The lowest BCUT2D eigenvalue weighted by Gasteiger charge is -2.12. The van der Waals surface area contributed by atoms with Gasteiger partial charge in [-0.05, 0) is 30.3 Å². The summed E-state index contributed by atoms with van der Waals surface area (Å²) in [5.74, 6) is 0.942. The minimum absolute atomic E-state index is 0.0996. The molecule has 0 aliphatic carbocycles. The number of phenolic OH excluding ortho intramolecular Hbond substituents is 1. The fourth-order valence-corrected chi connectivity index (χ4v) is 3.03. The second kappa shape index (κ2) is 7.01. The summed E-state index contributed by atoms with van der Waals surface area (Å²) in [5, 5.41) is 15.6. The number of nitrogens with one attached hydrogen (secondary N) is 2. The standard InChI is InChI=1S/C20H16F3N5O/c1-24-19-27-16-11-25-18(26-13-5-3-7-15(29)9-13)10-17(16)28(19)14-6-2-4-12(8-14)20(21,22)23/h2-11,29H,1H3,(H,24,27)(H,25,26). The van der Waals surface area contributed by atoms with E-state index in [1.165, 1.54) is 18.3 Å². The van der Waals surface area contributed by atoms with Crippen molar-refractivity contribution in [2.45, 2.75) is 6.18 Å². The maximum absolute atomic E-state index is 13.2. The number of pyridine rings is 1. The molecule has 148 valence electrons. The van der Waals surface area contributed by atoms with E-state index in [1.54, 1.807) is 41.9 Å². The number of hydrogen-bond acceptors (Lipinski definition) is 5. The number of halogens is 3. The van der Waals surface area contributed by atoms with Crippen LogP contribution >= 0.6 is 0 Å². The Morgan fingerprint density at radius 2 is 1.83 bits per heavy atom. The Balaban J connectivity index is 1.83. The third-order valence-corrected chi connectivity index (χ3v) is 4.31. The first kappa shape index (κ1) is 18.6. The summed E-state index contributed by atoms with van der Waals surface area (Å²) in [7, 11) is 1.64. The minimum atomic E-state index is -4.45. The van der Waals surface area contributed by atoms with Gasteiger partial charge in [-0.1, -0.05) is 12.1 Å². The summed E-state index contributed by atoms with van der Waals surface area (Å²) in [6, 6.07) is 13.3. The van der Waals surface area contributed by atoms with Gasteiger partial charge >= 0.3 is 6.18 Å². The molecule has 0 fully saturated rings. The predicted molar refractivity (Wildman–Crippen MR) is 105 cm³/mol. The van der Waals surface area contributed by atoms with Crippen LogP contribution in [-0.2, 0) is 6.18 Å². The smallest absolute Gasteiger partial charge is 0.416 e. The van der Waals surface area contributed by atoms with Gasteiger partial charge in [0.1, 0.15) is 17.1 Å². The topological polar surface area (TPSA) is 75.0 Å². The Kier molecular flexibility index (Phi) is 4.50. The van der Waals surface area contributed by atoms with E-state index >= 15 is 0 Å². The summed E-state index contributed by atoms with van der Waals surface area (Å²) in [6.07, 6.45) is -2.92. The van der Waals surface area contributed by atoms with Gasteiger partial charge < -0.3 is 15.7 Å². The molecule has 2 aromatic heterocycles. The monoisotopic (exact) mass is 399 g/mol. The van der Waals surface area contributed by atoms with E-state index in [9.17, 15) is 18.3 Å². The Hall–Kier alpha value is -3.75. The molecule has 0 saturated carbocycles. The van der Waals surface area contributed by atoms with Gasteiger partial charge in [0, 0.05) is 30.6 Å². The molecule has 0 saturated heterocycles. The molecule has 2 aromatic carbocycles. The van der Waals surface area contributed by atoms with Crippen molar-refractivity contribution in [1.82, 2.24) is 14.5 Å². The molecule has 0 bridgehead atoms. The maximum atomic E-state index is 13.2. The minimum Gasteiger partial charge on any atom is -0.508 e. The Bertz CT molecular complexity index is 1190. The third-order valence-electron chi connectivity index (χ3n) is 4.31. The van der Waals surface area contributed by atoms with Crippen LogP contribution in [0.2, 0.25) is 0 Å². The molecule has 0 aliphatic heterocycles. The Morgan fingerprint density at radius 3 is 2.55 bits per heavy atom. The molecular weight excluding hydrogens is 383 g/mol. The largest absolute Gasteiger partial charge is 0.508 e. The van der Waals surface area contributed by atoms with E-state index < -0.39 is 11.7 Å². The van der Waals surface area contributed by atoms with Gasteiger partial charge in [0.05, 0.1) is 17.3 Å². The molecule has 29 heavy (non-hydrogen) atoms. The van der Waals surface area contributed by atoms with Crippen LogP contribution in [0.3, 0.4) is 0 Å². The molecule has 0 amide bonds. The first-order chi connectivity index (χ1) is 13.8. The molecular formula is C20H16F3N5O. The van der Waals surface area contributed by atoms with E-state index in [2.05, 4.69) is 20.6 Å². The first-order valence-corrected chi connectivity index (χ1v) is 8.65. The number of alkyl halides is 3. The van der Waals surface area contributed by atoms with Gasteiger partial charge in [0.2, 0.25) is 5.95 Å². The van der Waals surface area contributed by atoms with E-state index in [4.69, 9.17) is 0 Å². The van der Waals surface area contributed by atoms with Crippen molar-refractivity contribution < 1.29 is 18.3 Å². The highest BCUT2D eigenvalue weighted by molar-refractivity contribution is 5.83. The fourth-order valence-electron chi connectivity index (χ4n) is 3.03. The number of aromatic nitrogens is 3. The van der Waals surface area contributed by atoms with Gasteiger partial charge in [-0.15, -0.1) is 0 Å². The summed E-state index contributed by atoms with van der Waals surface area (Å²) in [5.41, 5.74) is 1.29. The number of nitrogens with zero attached hydrogens (tertiary/aromatic N) is 3. The van der Waals surface area contributed by atoms with Gasteiger partial charge in [0.15, 0.2) is 0 Å². The SMILES string of the molecule is CNc1nc2cnc(Nc3cccc(O)c3)cc2n1-c1cccc(C(F)(F)F)c1. The lowest BCUT2D eigenvalue weighted by atomic mass is 10.2. The van der Waals surface area contributed by atoms with Crippen LogP contribution in [0.4, 0.5) is 30.6 Å². The number of anilines is 3. The van der Waals surface area contributed by atoms with Crippen molar-refractivity contribution in [3.8, 4) is 11.4 Å². The fraction of sp³-hybridized carbons (Fsp3) is 0.100. The van der Waals surface area contributed by atoms with Crippen LogP contribution in [0, 0.1) is 0 Å². The van der Waals surface area contributed by atoms with Crippen molar-refractivity contribution >= 4 is 28.5 Å². The second-order valence-corrected chi connectivity index (χ2v) is 6.30. The van der Waals surface area contributed by atoms with Gasteiger partial charge in [-0.2, -0.15) is 13.2 Å². The highest BCUT2D eigenvalue weighted by atomic mass is 19.4. The average Bonchev–Trinajstić information content (AvgIpc) is 3.05. The maximum Gasteiger partial charge on any atom is 0.416 e. The molecule has 4 aromatic rings. The number of benzene rings is 2. The molecule has 6 nitrogen and oxygen atoms in total. The zero-order chi connectivity index (χ0) is 20.6. The molecule has 0 aliphatic rings. The van der Waals surface area contributed by atoms with Crippen molar-refractivity contribution in [2.75, 3.05) is 17.7 Å². The molecule has 0 atom stereocenters. The van der Waals surface area contributed by atoms with Crippen LogP contribution < -0.4 is 10.6 Å². The summed E-state index contributed by atoms with van der Waals surface area (Å²) in [6.45, 7) is 0. The van der Waals surface area contributed by atoms with Crippen LogP contribution in [0.1, 0.15) is 5.56 Å². The second-order valence-electron chi connectivity index (χ2n) is 6.30. The van der Waals surface area contributed by atoms with Gasteiger partial charge in [0.25, 0.3) is 0 Å². The Labute approximate surface area is 163 Å². The molecule has 0 unspecified atom stereocenters. The lowest BCUT2D eigenvalue weighted by Crippen LogP contribution is -2.07. The average molecular weight is 399 g/mol. The van der Waals surface area contributed by atoms with Gasteiger partial charge in [-0.25, -0.2) is 9.97 Å². The summed E-state index contributed by atoms with van der Waals surface area (Å²) >= 11 is 0. The van der Waals surface area contributed by atoms with E-state index in [0.29, 0.717) is 34.2 Å². The van der Waals surface area contributed by atoms with Crippen molar-refractivity contribution in [3.63, 3.8) is 0 Å². The molecule has 4 rings (SSSR count). The third kappa shape index (κ3) is 3.66. The zero-order valence-electron chi connectivity index (χ0n) is 15.2. The molecule has 3 N–H and O–H groups in total. The predicted octanol–water partition coefficient (Wildman–Crippen LogP) is 4.93. The first-order valence-electron chi connectivity index (χ1n) is 8.65. The highest BCUT2D eigenvalue weighted by Crippen LogP contribution is 2.33. The van der Waals surface area contributed by atoms with Crippen molar-refractivity contribution in [2.24, 2.45) is 0 Å². The molecule has 0 spiro atoms. The number of phenols is 1. The molecule has 2 heterocycles. The van der Waals surface area contributed by atoms with Crippen molar-refractivity contribution in [1.29, 1.82) is 0 Å². The van der Waals surface area contributed by atoms with Crippen molar-refractivity contribution in [3.05, 3.63) is 66.4 Å². The molecule has 9 heteroatoms. The molecule has 0 radical (unpaired) electrons. The van der Waals surface area contributed by atoms with Crippen LogP contribution in [-0.4, -0.2) is 26.7 Å². The summed E-state index contributed by atoms with van der Waals surface area (Å²) in [4.78, 5) is 8.70. The lowest BCUT2D eigenvalue weighted by molar-refractivity contribution is -0.137. The van der Waals surface area contributed by atoms with Crippen LogP contribution in [0.15, 0.2) is 60.8 Å². The number of fused-ring (bicyclic) bond motifs is 1. The van der Waals surface area contributed by atoms with Crippen LogP contribution in [0.5, 0.6) is 5.75 Å². The summed E-state index contributed by atoms with van der Waals surface area (Å²) < 4.78 is 41.1. The van der Waals surface area contributed by atoms with Gasteiger partial charge in [-0.3, -0.25) is 4.57 Å². The number of imidazole rings is 1. The number of aromatic hydroxyl groups is 1. The van der Waals surface area contributed by atoms with E-state index in [0.717, 1.165) is 12.1 Å².